The standard InChI is InChI=1S/C26H32N2O/c29-25(26(15-7-8-16-26)22-11-5-2-6-12-22)27-24-14-13-21-18-28(19-23(21)24)17-20-9-3-1-4-10-20/h1-6,9-12,21,23-24H,7-8,13-19H2,(H,27,29). The van der Waals surface area contributed by atoms with E-state index in [9.17, 15) is 4.79 Å². The Balaban J connectivity index is 1.27. The summed E-state index contributed by atoms with van der Waals surface area (Å²) in [5.41, 5.74) is 2.30. The van der Waals surface area contributed by atoms with Gasteiger partial charge in [-0.2, -0.15) is 0 Å². The lowest BCUT2D eigenvalue weighted by Gasteiger charge is -2.31. The zero-order valence-corrected chi connectivity index (χ0v) is 17.2. The number of nitrogens with one attached hydrogen (secondary N) is 1. The number of rotatable bonds is 5. The van der Waals surface area contributed by atoms with Gasteiger partial charge in [-0.15, -0.1) is 0 Å². The molecule has 3 heteroatoms. The third-order valence-corrected chi connectivity index (χ3v) is 7.72. The van der Waals surface area contributed by atoms with Crippen molar-refractivity contribution in [2.75, 3.05) is 13.1 Å². The van der Waals surface area contributed by atoms with Crippen molar-refractivity contribution < 1.29 is 4.79 Å². The molecule has 1 aliphatic heterocycles. The minimum absolute atomic E-state index is 0.286. The van der Waals surface area contributed by atoms with E-state index in [1.807, 2.05) is 6.07 Å². The first kappa shape index (κ1) is 18.9. The van der Waals surface area contributed by atoms with E-state index < -0.39 is 0 Å². The Morgan fingerprint density at radius 3 is 2.34 bits per heavy atom. The predicted molar refractivity (Wildman–Crippen MR) is 116 cm³/mol. The molecule has 1 heterocycles. The second-order valence-electron chi connectivity index (χ2n) is 9.42. The van der Waals surface area contributed by atoms with Gasteiger partial charge in [-0.05, 0) is 48.6 Å². The van der Waals surface area contributed by atoms with Crippen LogP contribution >= 0.6 is 0 Å². The van der Waals surface area contributed by atoms with E-state index in [4.69, 9.17) is 0 Å². The fourth-order valence-corrected chi connectivity index (χ4v) is 6.20. The molecular formula is C26H32N2O. The number of hydrogen-bond acceptors (Lipinski definition) is 2. The molecule has 0 spiro atoms. The quantitative estimate of drug-likeness (QED) is 0.816. The molecule has 2 aromatic rings. The monoisotopic (exact) mass is 388 g/mol. The zero-order valence-electron chi connectivity index (χ0n) is 17.2. The average molecular weight is 389 g/mol. The number of nitrogens with zero attached hydrogens (tertiary/aromatic N) is 1. The predicted octanol–water partition coefficient (Wildman–Crippen LogP) is 4.53. The van der Waals surface area contributed by atoms with Crippen molar-refractivity contribution >= 4 is 5.91 Å². The lowest BCUT2D eigenvalue weighted by Crippen LogP contribution is -2.48. The van der Waals surface area contributed by atoms with Crippen LogP contribution < -0.4 is 5.32 Å². The van der Waals surface area contributed by atoms with Gasteiger partial charge in [0.2, 0.25) is 5.91 Å². The van der Waals surface area contributed by atoms with Crippen LogP contribution in [0.2, 0.25) is 0 Å². The van der Waals surface area contributed by atoms with E-state index in [0.29, 0.717) is 12.0 Å². The maximum absolute atomic E-state index is 13.6. The molecule has 152 valence electrons. The van der Waals surface area contributed by atoms with Crippen molar-refractivity contribution in [2.24, 2.45) is 11.8 Å². The minimum atomic E-state index is -0.304. The summed E-state index contributed by atoms with van der Waals surface area (Å²) in [6, 6.07) is 21.6. The van der Waals surface area contributed by atoms with E-state index in [0.717, 1.165) is 51.1 Å². The topological polar surface area (TPSA) is 32.3 Å². The highest BCUT2D eigenvalue weighted by Gasteiger charge is 2.47. The van der Waals surface area contributed by atoms with Crippen LogP contribution in [0.25, 0.3) is 0 Å². The number of benzene rings is 2. The SMILES string of the molecule is O=C(NC1CCC2CN(Cc3ccccc3)CC21)C1(c2ccccc2)CCCC1. The normalized spacial score (nSPS) is 28.3. The van der Waals surface area contributed by atoms with Gasteiger partial charge in [0, 0.05) is 25.7 Å². The van der Waals surface area contributed by atoms with Crippen LogP contribution in [0.5, 0.6) is 0 Å². The molecule has 1 amide bonds. The zero-order chi connectivity index (χ0) is 19.7. The van der Waals surface area contributed by atoms with Crippen LogP contribution in [0.15, 0.2) is 60.7 Å². The maximum Gasteiger partial charge on any atom is 0.230 e. The van der Waals surface area contributed by atoms with Crippen LogP contribution in [0, 0.1) is 11.8 Å². The van der Waals surface area contributed by atoms with Gasteiger partial charge < -0.3 is 5.32 Å². The Hall–Kier alpha value is -2.13. The van der Waals surface area contributed by atoms with Crippen molar-refractivity contribution in [1.82, 2.24) is 10.2 Å². The highest BCUT2D eigenvalue weighted by Crippen LogP contribution is 2.43. The van der Waals surface area contributed by atoms with Gasteiger partial charge in [-0.3, -0.25) is 9.69 Å². The van der Waals surface area contributed by atoms with Crippen molar-refractivity contribution in [2.45, 2.75) is 56.5 Å². The van der Waals surface area contributed by atoms with Crippen LogP contribution in [-0.4, -0.2) is 29.9 Å². The largest absolute Gasteiger partial charge is 0.352 e. The minimum Gasteiger partial charge on any atom is -0.352 e. The third kappa shape index (κ3) is 3.61. The van der Waals surface area contributed by atoms with Crippen molar-refractivity contribution in [3.8, 4) is 0 Å². The van der Waals surface area contributed by atoms with Crippen LogP contribution in [0.3, 0.4) is 0 Å². The van der Waals surface area contributed by atoms with Gasteiger partial charge >= 0.3 is 0 Å². The molecule has 1 N–H and O–H groups in total. The Kier molecular flexibility index (Phi) is 5.17. The molecular weight excluding hydrogens is 356 g/mol. The highest BCUT2D eigenvalue weighted by atomic mass is 16.2. The summed E-state index contributed by atoms with van der Waals surface area (Å²) in [5.74, 6) is 1.63. The lowest BCUT2D eigenvalue weighted by atomic mass is 9.77. The van der Waals surface area contributed by atoms with E-state index in [1.165, 1.54) is 24.1 Å². The lowest BCUT2D eigenvalue weighted by molar-refractivity contribution is -0.127. The summed E-state index contributed by atoms with van der Waals surface area (Å²) in [6.45, 7) is 3.32. The molecule has 2 saturated carbocycles. The molecule has 3 unspecified atom stereocenters. The molecule has 2 aliphatic carbocycles. The fraction of sp³-hybridized carbons (Fsp3) is 0.500. The number of amides is 1. The van der Waals surface area contributed by atoms with Gasteiger partial charge in [-0.1, -0.05) is 73.5 Å². The smallest absolute Gasteiger partial charge is 0.230 e. The summed E-state index contributed by atoms with van der Waals surface area (Å²) >= 11 is 0. The molecule has 29 heavy (non-hydrogen) atoms. The molecule has 0 aromatic heterocycles. The Bertz CT molecular complexity index is 828. The van der Waals surface area contributed by atoms with Crippen LogP contribution in [0.4, 0.5) is 0 Å². The second kappa shape index (κ2) is 7.95. The van der Waals surface area contributed by atoms with Crippen molar-refractivity contribution in [3.63, 3.8) is 0 Å². The molecule has 2 aromatic carbocycles. The molecule has 3 fully saturated rings. The number of hydrogen-bond donors (Lipinski definition) is 1. The molecule has 1 saturated heterocycles. The molecule has 0 radical (unpaired) electrons. The highest BCUT2D eigenvalue weighted by molar-refractivity contribution is 5.88. The fourth-order valence-electron chi connectivity index (χ4n) is 6.20. The number of likely N-dealkylation sites (tertiary alicyclic amines) is 1. The first-order valence-corrected chi connectivity index (χ1v) is 11.4. The van der Waals surface area contributed by atoms with E-state index >= 15 is 0 Å². The Labute approximate surface area is 174 Å². The number of carbonyl (C=O) groups is 1. The van der Waals surface area contributed by atoms with Crippen molar-refractivity contribution in [3.05, 3.63) is 71.8 Å². The van der Waals surface area contributed by atoms with Crippen LogP contribution in [-0.2, 0) is 16.8 Å². The number of carbonyl (C=O) groups excluding carboxylic acids is 1. The Morgan fingerprint density at radius 2 is 1.62 bits per heavy atom. The molecule has 0 bridgehead atoms. The summed E-state index contributed by atoms with van der Waals surface area (Å²) in [6.07, 6.45) is 6.69. The summed E-state index contributed by atoms with van der Waals surface area (Å²) < 4.78 is 0. The summed E-state index contributed by atoms with van der Waals surface area (Å²) in [4.78, 5) is 16.1. The first-order chi connectivity index (χ1) is 14.2. The van der Waals surface area contributed by atoms with E-state index in [1.54, 1.807) is 0 Å². The average Bonchev–Trinajstić information content (AvgIpc) is 3.47. The molecule has 3 nitrogen and oxygen atoms in total. The van der Waals surface area contributed by atoms with E-state index in [-0.39, 0.29) is 11.3 Å². The van der Waals surface area contributed by atoms with Gasteiger partial charge in [0.1, 0.15) is 0 Å². The van der Waals surface area contributed by atoms with Crippen LogP contribution in [0.1, 0.15) is 49.7 Å². The second-order valence-corrected chi connectivity index (χ2v) is 9.42. The molecule has 5 rings (SSSR count). The molecule has 3 aliphatic rings. The van der Waals surface area contributed by atoms with Gasteiger partial charge in [0.25, 0.3) is 0 Å². The molecule has 3 atom stereocenters. The Morgan fingerprint density at radius 1 is 0.931 bits per heavy atom. The third-order valence-electron chi connectivity index (χ3n) is 7.72. The van der Waals surface area contributed by atoms with Gasteiger partial charge in [-0.25, -0.2) is 0 Å². The summed E-state index contributed by atoms with van der Waals surface area (Å²) in [7, 11) is 0. The summed E-state index contributed by atoms with van der Waals surface area (Å²) in [5, 5.41) is 3.55. The maximum atomic E-state index is 13.6. The van der Waals surface area contributed by atoms with E-state index in [2.05, 4.69) is 64.8 Å². The van der Waals surface area contributed by atoms with Gasteiger partial charge in [0.05, 0.1) is 5.41 Å². The van der Waals surface area contributed by atoms with Crippen molar-refractivity contribution in [1.29, 1.82) is 0 Å². The first-order valence-electron chi connectivity index (χ1n) is 11.4. The van der Waals surface area contributed by atoms with Gasteiger partial charge in [0.15, 0.2) is 0 Å². The number of fused-ring (bicyclic) bond motifs is 1.